The maximum atomic E-state index is 5.83. The van der Waals surface area contributed by atoms with Gasteiger partial charge in [0.25, 0.3) is 0 Å². The van der Waals surface area contributed by atoms with E-state index >= 15 is 0 Å². The van der Waals surface area contributed by atoms with Gasteiger partial charge in [-0.3, -0.25) is 0 Å². The Labute approximate surface area is 119 Å². The zero-order valence-corrected chi connectivity index (χ0v) is 12.1. The summed E-state index contributed by atoms with van der Waals surface area (Å²) in [7, 11) is 0. The number of anilines is 2. The number of aryl methyl sites for hydroxylation is 1. The van der Waals surface area contributed by atoms with Gasteiger partial charge in [0.2, 0.25) is 0 Å². The molecule has 2 aromatic rings. The number of hydrogen-bond donors (Lipinski definition) is 1. The molecule has 0 fully saturated rings. The number of nitrogens with two attached hydrogens (primary N) is 1. The van der Waals surface area contributed by atoms with E-state index in [2.05, 4.69) is 36.9 Å². The van der Waals surface area contributed by atoms with Crippen molar-refractivity contribution < 1.29 is 0 Å². The Bertz CT molecular complexity index is 593. The highest BCUT2D eigenvalue weighted by Crippen LogP contribution is 2.30. The first-order chi connectivity index (χ1) is 9.15. The minimum absolute atomic E-state index is 0.433. The Hall–Kier alpha value is -1.87. The quantitative estimate of drug-likeness (QED) is 0.857. The number of thiocarbonyl (C=S) groups is 1. The lowest BCUT2D eigenvalue weighted by atomic mass is 10.1. The Morgan fingerprint density at radius 1 is 1.05 bits per heavy atom. The van der Waals surface area contributed by atoms with Crippen LogP contribution in [0.4, 0.5) is 11.4 Å². The molecule has 0 aliphatic rings. The van der Waals surface area contributed by atoms with E-state index in [4.69, 9.17) is 18.0 Å². The molecule has 2 aromatic carbocycles. The normalized spacial score (nSPS) is 10.2. The van der Waals surface area contributed by atoms with Crippen molar-refractivity contribution in [3.05, 3.63) is 59.7 Å². The number of hydrogen-bond acceptors (Lipinski definition) is 2. The third kappa shape index (κ3) is 2.76. The van der Waals surface area contributed by atoms with Crippen molar-refractivity contribution in [2.75, 3.05) is 11.4 Å². The molecular formula is C16H18N2S. The fourth-order valence-corrected chi connectivity index (χ4v) is 2.43. The number of para-hydroxylation sites is 2. The number of nitrogens with zero attached hydrogens (tertiary/aromatic N) is 1. The summed E-state index contributed by atoms with van der Waals surface area (Å²) < 4.78 is 0. The maximum Gasteiger partial charge on any atom is 0.106 e. The first-order valence-electron chi connectivity index (χ1n) is 6.37. The standard InChI is InChI=1S/C16H18N2S/c1-3-18(14-10-6-4-8-12(14)2)15-11-7-5-9-13(15)16(17)19/h4-11H,3H2,1-2H3,(H2,17,19). The van der Waals surface area contributed by atoms with E-state index in [1.807, 2.05) is 30.3 Å². The second-order valence-corrected chi connectivity index (χ2v) is 4.85. The molecule has 0 bridgehead atoms. The van der Waals surface area contributed by atoms with Crippen molar-refractivity contribution in [1.82, 2.24) is 0 Å². The molecule has 0 saturated carbocycles. The minimum atomic E-state index is 0.433. The zero-order valence-electron chi connectivity index (χ0n) is 11.3. The average Bonchev–Trinajstić information content (AvgIpc) is 2.42. The lowest BCUT2D eigenvalue weighted by Gasteiger charge is -2.27. The molecule has 0 unspecified atom stereocenters. The second-order valence-electron chi connectivity index (χ2n) is 4.41. The molecule has 3 heteroatoms. The summed E-state index contributed by atoms with van der Waals surface area (Å²) >= 11 is 5.15. The second kappa shape index (κ2) is 5.85. The number of benzene rings is 2. The highest BCUT2D eigenvalue weighted by molar-refractivity contribution is 7.80. The predicted octanol–water partition coefficient (Wildman–Crippen LogP) is 3.79. The van der Waals surface area contributed by atoms with Crippen LogP contribution in [0.15, 0.2) is 48.5 Å². The summed E-state index contributed by atoms with van der Waals surface area (Å²) in [5.74, 6) is 0. The molecule has 2 rings (SSSR count). The third-order valence-corrected chi connectivity index (χ3v) is 3.40. The van der Waals surface area contributed by atoms with Crippen LogP contribution in [-0.2, 0) is 0 Å². The molecule has 0 amide bonds. The zero-order chi connectivity index (χ0) is 13.8. The highest BCUT2D eigenvalue weighted by Gasteiger charge is 2.14. The molecule has 0 saturated heterocycles. The Balaban J connectivity index is 2.55. The van der Waals surface area contributed by atoms with Crippen molar-refractivity contribution in [2.24, 2.45) is 5.73 Å². The molecule has 98 valence electrons. The van der Waals surface area contributed by atoms with Crippen molar-refractivity contribution in [3.8, 4) is 0 Å². The molecule has 0 heterocycles. The van der Waals surface area contributed by atoms with Gasteiger partial charge >= 0.3 is 0 Å². The van der Waals surface area contributed by atoms with Gasteiger partial charge in [-0.05, 0) is 37.6 Å². The molecule has 0 spiro atoms. The monoisotopic (exact) mass is 270 g/mol. The first kappa shape index (κ1) is 13.6. The molecule has 2 nitrogen and oxygen atoms in total. The molecule has 0 aliphatic heterocycles. The van der Waals surface area contributed by atoms with Gasteiger partial charge in [-0.15, -0.1) is 0 Å². The minimum Gasteiger partial charge on any atom is -0.389 e. The Morgan fingerprint density at radius 3 is 2.21 bits per heavy atom. The van der Waals surface area contributed by atoms with E-state index in [9.17, 15) is 0 Å². The first-order valence-corrected chi connectivity index (χ1v) is 6.78. The van der Waals surface area contributed by atoms with Crippen LogP contribution in [0.5, 0.6) is 0 Å². The third-order valence-electron chi connectivity index (χ3n) is 3.18. The smallest absolute Gasteiger partial charge is 0.106 e. The molecule has 2 N–H and O–H groups in total. The van der Waals surface area contributed by atoms with Gasteiger partial charge in [-0.1, -0.05) is 42.5 Å². The van der Waals surface area contributed by atoms with E-state index in [1.165, 1.54) is 11.3 Å². The van der Waals surface area contributed by atoms with Crippen molar-refractivity contribution in [1.29, 1.82) is 0 Å². The van der Waals surface area contributed by atoms with Crippen molar-refractivity contribution in [3.63, 3.8) is 0 Å². The summed E-state index contributed by atoms with van der Waals surface area (Å²) in [6.45, 7) is 5.11. The molecule has 0 aliphatic carbocycles. The Kier molecular flexibility index (Phi) is 4.17. The molecule has 19 heavy (non-hydrogen) atoms. The fourth-order valence-electron chi connectivity index (χ4n) is 2.25. The number of rotatable bonds is 4. The van der Waals surface area contributed by atoms with Crippen LogP contribution in [-0.4, -0.2) is 11.5 Å². The molecule has 0 atom stereocenters. The van der Waals surface area contributed by atoms with E-state index < -0.39 is 0 Å². The summed E-state index contributed by atoms with van der Waals surface area (Å²) in [5, 5.41) is 0. The lowest BCUT2D eigenvalue weighted by Crippen LogP contribution is -2.21. The summed E-state index contributed by atoms with van der Waals surface area (Å²) in [6.07, 6.45) is 0. The summed E-state index contributed by atoms with van der Waals surface area (Å²) in [5.41, 5.74) is 10.2. The van der Waals surface area contributed by atoms with Crippen LogP contribution in [0.2, 0.25) is 0 Å². The van der Waals surface area contributed by atoms with Gasteiger partial charge in [-0.25, -0.2) is 0 Å². The maximum absolute atomic E-state index is 5.83. The van der Waals surface area contributed by atoms with Crippen LogP contribution in [0.1, 0.15) is 18.1 Å². The predicted molar refractivity (Wildman–Crippen MR) is 86.2 cm³/mol. The SMILES string of the molecule is CCN(c1ccccc1C)c1ccccc1C(N)=S. The molecular weight excluding hydrogens is 252 g/mol. The van der Waals surface area contributed by atoms with Crippen LogP contribution in [0.3, 0.4) is 0 Å². The van der Waals surface area contributed by atoms with E-state index in [1.54, 1.807) is 0 Å². The molecule has 0 radical (unpaired) electrons. The lowest BCUT2D eigenvalue weighted by molar-refractivity contribution is 1.01. The van der Waals surface area contributed by atoms with Gasteiger partial charge < -0.3 is 10.6 Å². The van der Waals surface area contributed by atoms with Crippen LogP contribution < -0.4 is 10.6 Å². The molecule has 0 aromatic heterocycles. The Morgan fingerprint density at radius 2 is 1.63 bits per heavy atom. The van der Waals surface area contributed by atoms with E-state index in [0.29, 0.717) is 4.99 Å². The highest BCUT2D eigenvalue weighted by atomic mass is 32.1. The van der Waals surface area contributed by atoms with Crippen molar-refractivity contribution in [2.45, 2.75) is 13.8 Å². The van der Waals surface area contributed by atoms with Gasteiger partial charge in [0.05, 0.1) is 5.69 Å². The van der Waals surface area contributed by atoms with Crippen LogP contribution in [0, 0.1) is 6.92 Å². The van der Waals surface area contributed by atoms with Gasteiger partial charge in [-0.2, -0.15) is 0 Å². The van der Waals surface area contributed by atoms with Gasteiger partial charge in [0.1, 0.15) is 4.99 Å². The summed E-state index contributed by atoms with van der Waals surface area (Å²) in [6, 6.07) is 16.3. The average molecular weight is 270 g/mol. The van der Waals surface area contributed by atoms with Crippen molar-refractivity contribution >= 4 is 28.6 Å². The fraction of sp³-hybridized carbons (Fsp3) is 0.188. The van der Waals surface area contributed by atoms with E-state index in [-0.39, 0.29) is 0 Å². The van der Waals surface area contributed by atoms with Gasteiger partial charge in [0.15, 0.2) is 0 Å². The van der Waals surface area contributed by atoms with Gasteiger partial charge in [0, 0.05) is 17.8 Å². The summed E-state index contributed by atoms with van der Waals surface area (Å²) in [4.78, 5) is 2.67. The topological polar surface area (TPSA) is 29.3 Å². The van der Waals surface area contributed by atoms with Crippen LogP contribution >= 0.6 is 12.2 Å². The van der Waals surface area contributed by atoms with Crippen LogP contribution in [0.25, 0.3) is 0 Å². The largest absolute Gasteiger partial charge is 0.389 e. The van der Waals surface area contributed by atoms with E-state index in [0.717, 1.165) is 17.8 Å².